The van der Waals surface area contributed by atoms with E-state index in [0.717, 1.165) is 30.1 Å². The lowest BCUT2D eigenvalue weighted by Gasteiger charge is -2.07. The molecule has 0 aromatic heterocycles. The average Bonchev–Trinajstić information content (AvgIpc) is 2.38. The zero-order valence-corrected chi connectivity index (χ0v) is 12.7. The van der Waals surface area contributed by atoms with E-state index in [2.05, 4.69) is 29.6 Å². The fraction of sp³-hybridized carbons (Fsp3) is 0.200. The average molecular weight is 317 g/mol. The lowest BCUT2D eigenvalue weighted by molar-refractivity contribution is 0.687. The van der Waals surface area contributed by atoms with Crippen LogP contribution in [0.2, 0.25) is 10.0 Å². The van der Waals surface area contributed by atoms with Gasteiger partial charge in [0.05, 0.1) is 0 Å². The molecular formula is C15H16Cl3N. The molecule has 2 aromatic carbocycles. The maximum absolute atomic E-state index is 6.10. The highest BCUT2D eigenvalue weighted by Crippen LogP contribution is 2.20. The molecule has 0 saturated heterocycles. The first-order chi connectivity index (χ1) is 8.75. The van der Waals surface area contributed by atoms with Crippen molar-refractivity contribution in [3.8, 4) is 0 Å². The van der Waals surface area contributed by atoms with Crippen molar-refractivity contribution >= 4 is 35.6 Å². The zero-order chi connectivity index (χ0) is 12.8. The zero-order valence-electron chi connectivity index (χ0n) is 10.4. The summed E-state index contributed by atoms with van der Waals surface area (Å²) in [5.41, 5.74) is 2.42. The standard InChI is InChI=1S/C15H15Cl2N.ClH/c16-14-7-6-13(15(17)10-14)11-18-9-8-12-4-2-1-3-5-12;/h1-7,10,18H,8-9,11H2;1H. The minimum atomic E-state index is 0. The van der Waals surface area contributed by atoms with Crippen molar-refractivity contribution in [1.82, 2.24) is 5.32 Å². The number of hydrogen-bond donors (Lipinski definition) is 1. The molecule has 0 bridgehead atoms. The largest absolute Gasteiger partial charge is 0.312 e. The van der Waals surface area contributed by atoms with Crippen molar-refractivity contribution in [3.05, 3.63) is 69.7 Å². The summed E-state index contributed by atoms with van der Waals surface area (Å²) < 4.78 is 0. The third-order valence-corrected chi connectivity index (χ3v) is 3.35. The molecule has 0 spiro atoms. The first-order valence-corrected chi connectivity index (χ1v) is 6.70. The van der Waals surface area contributed by atoms with Crippen molar-refractivity contribution in [2.24, 2.45) is 0 Å². The van der Waals surface area contributed by atoms with Crippen LogP contribution >= 0.6 is 35.6 Å². The molecule has 1 N–H and O–H groups in total. The Bertz CT molecular complexity index is 500. The van der Waals surface area contributed by atoms with Crippen molar-refractivity contribution < 1.29 is 0 Å². The van der Waals surface area contributed by atoms with Gasteiger partial charge in [0.25, 0.3) is 0 Å². The van der Waals surface area contributed by atoms with E-state index in [1.807, 2.05) is 18.2 Å². The normalized spacial score (nSPS) is 10.0. The van der Waals surface area contributed by atoms with Gasteiger partial charge in [-0.05, 0) is 36.2 Å². The van der Waals surface area contributed by atoms with Crippen LogP contribution < -0.4 is 5.32 Å². The molecule has 19 heavy (non-hydrogen) atoms. The Balaban J connectivity index is 0.00000180. The van der Waals surface area contributed by atoms with Gasteiger partial charge in [-0.25, -0.2) is 0 Å². The number of hydrogen-bond acceptors (Lipinski definition) is 1. The number of halogens is 3. The Morgan fingerprint density at radius 3 is 2.37 bits per heavy atom. The fourth-order valence-electron chi connectivity index (χ4n) is 1.77. The summed E-state index contributed by atoms with van der Waals surface area (Å²) in [4.78, 5) is 0. The van der Waals surface area contributed by atoms with Gasteiger partial charge in [-0.2, -0.15) is 0 Å². The van der Waals surface area contributed by atoms with Crippen LogP contribution in [0.4, 0.5) is 0 Å². The summed E-state index contributed by atoms with van der Waals surface area (Å²) in [6, 6.07) is 16.0. The van der Waals surface area contributed by atoms with Crippen molar-refractivity contribution in [2.45, 2.75) is 13.0 Å². The van der Waals surface area contributed by atoms with Crippen molar-refractivity contribution in [1.29, 1.82) is 0 Å². The van der Waals surface area contributed by atoms with E-state index in [0.29, 0.717) is 5.02 Å². The van der Waals surface area contributed by atoms with Crippen molar-refractivity contribution in [3.63, 3.8) is 0 Å². The Morgan fingerprint density at radius 2 is 1.68 bits per heavy atom. The van der Waals surface area contributed by atoms with Gasteiger partial charge >= 0.3 is 0 Å². The van der Waals surface area contributed by atoms with Gasteiger partial charge in [-0.15, -0.1) is 12.4 Å². The van der Waals surface area contributed by atoms with Gasteiger partial charge in [-0.1, -0.05) is 59.6 Å². The predicted molar refractivity (Wildman–Crippen MR) is 85.6 cm³/mol. The van der Waals surface area contributed by atoms with Crippen LogP contribution in [0.25, 0.3) is 0 Å². The molecule has 0 radical (unpaired) electrons. The van der Waals surface area contributed by atoms with Crippen LogP contribution in [0.15, 0.2) is 48.5 Å². The van der Waals surface area contributed by atoms with Crippen LogP contribution in [0.1, 0.15) is 11.1 Å². The second-order valence-corrected chi connectivity index (χ2v) is 4.99. The Kier molecular flexibility index (Phi) is 7.25. The highest BCUT2D eigenvalue weighted by atomic mass is 35.5. The van der Waals surface area contributed by atoms with Crippen LogP contribution in [0.3, 0.4) is 0 Å². The highest BCUT2D eigenvalue weighted by Gasteiger charge is 2.00. The molecule has 0 heterocycles. The SMILES string of the molecule is Cl.Clc1ccc(CNCCc2ccccc2)c(Cl)c1. The van der Waals surface area contributed by atoms with Gasteiger partial charge in [0.1, 0.15) is 0 Å². The van der Waals surface area contributed by atoms with E-state index in [1.165, 1.54) is 5.56 Å². The summed E-state index contributed by atoms with van der Waals surface area (Å²) in [6.45, 7) is 1.70. The third kappa shape index (κ3) is 5.42. The molecule has 0 saturated carbocycles. The van der Waals surface area contributed by atoms with E-state index in [4.69, 9.17) is 23.2 Å². The van der Waals surface area contributed by atoms with Gasteiger partial charge in [0.15, 0.2) is 0 Å². The van der Waals surface area contributed by atoms with Crippen LogP contribution in [-0.2, 0) is 13.0 Å². The number of benzene rings is 2. The van der Waals surface area contributed by atoms with E-state index in [9.17, 15) is 0 Å². The summed E-state index contributed by atoms with van der Waals surface area (Å²) in [6.07, 6.45) is 1.02. The minimum Gasteiger partial charge on any atom is -0.312 e. The lowest BCUT2D eigenvalue weighted by Crippen LogP contribution is -2.16. The quantitative estimate of drug-likeness (QED) is 0.785. The molecule has 0 atom stereocenters. The van der Waals surface area contributed by atoms with Gasteiger partial charge in [-0.3, -0.25) is 0 Å². The first kappa shape index (κ1) is 16.3. The predicted octanol–water partition coefficient (Wildman–Crippen LogP) is 4.75. The summed E-state index contributed by atoms with van der Waals surface area (Å²) in [5.74, 6) is 0. The maximum atomic E-state index is 6.10. The molecule has 0 aliphatic rings. The maximum Gasteiger partial charge on any atom is 0.0465 e. The molecule has 1 nitrogen and oxygen atoms in total. The van der Waals surface area contributed by atoms with Gasteiger partial charge < -0.3 is 5.32 Å². The van der Waals surface area contributed by atoms with Crippen LogP contribution in [-0.4, -0.2) is 6.54 Å². The van der Waals surface area contributed by atoms with Gasteiger partial charge in [0, 0.05) is 16.6 Å². The van der Waals surface area contributed by atoms with E-state index in [-0.39, 0.29) is 12.4 Å². The lowest BCUT2D eigenvalue weighted by atomic mass is 10.1. The Hall–Kier alpha value is -0.730. The van der Waals surface area contributed by atoms with E-state index < -0.39 is 0 Å². The molecule has 0 amide bonds. The molecule has 0 unspecified atom stereocenters. The van der Waals surface area contributed by atoms with Gasteiger partial charge in [0.2, 0.25) is 0 Å². The monoisotopic (exact) mass is 315 g/mol. The van der Waals surface area contributed by atoms with Crippen molar-refractivity contribution in [2.75, 3.05) is 6.54 Å². The Labute approximate surface area is 130 Å². The molecule has 0 aliphatic carbocycles. The molecule has 2 rings (SSSR count). The second-order valence-electron chi connectivity index (χ2n) is 4.15. The molecule has 0 aliphatic heterocycles. The number of nitrogens with one attached hydrogen (secondary N) is 1. The molecule has 102 valence electrons. The van der Waals surface area contributed by atoms with Crippen LogP contribution in [0.5, 0.6) is 0 Å². The molecule has 0 fully saturated rings. The fourth-order valence-corrected chi connectivity index (χ4v) is 2.24. The minimum absolute atomic E-state index is 0. The topological polar surface area (TPSA) is 12.0 Å². The number of rotatable bonds is 5. The molecule has 4 heteroatoms. The Morgan fingerprint density at radius 1 is 0.947 bits per heavy atom. The van der Waals surface area contributed by atoms with E-state index in [1.54, 1.807) is 6.07 Å². The highest BCUT2D eigenvalue weighted by molar-refractivity contribution is 6.35. The summed E-state index contributed by atoms with van der Waals surface area (Å²) in [5, 5.41) is 4.77. The summed E-state index contributed by atoms with van der Waals surface area (Å²) >= 11 is 12.0. The van der Waals surface area contributed by atoms with Crippen LogP contribution in [0, 0.1) is 0 Å². The summed E-state index contributed by atoms with van der Waals surface area (Å²) in [7, 11) is 0. The molecular weight excluding hydrogens is 301 g/mol. The molecule has 2 aromatic rings. The van der Waals surface area contributed by atoms with E-state index >= 15 is 0 Å². The first-order valence-electron chi connectivity index (χ1n) is 5.94. The second kappa shape index (κ2) is 8.44. The smallest absolute Gasteiger partial charge is 0.0465 e. The third-order valence-electron chi connectivity index (χ3n) is 2.76.